The Morgan fingerprint density at radius 1 is 1.18 bits per heavy atom. The number of carbonyl (C=O) groups excluding carboxylic acids is 1. The smallest absolute Gasteiger partial charge is 0.424 e. The van der Waals surface area contributed by atoms with Crippen LogP contribution in [0.1, 0.15) is 12.5 Å². The molecule has 0 spiro atoms. The van der Waals surface area contributed by atoms with E-state index in [4.69, 9.17) is 5.11 Å². The first-order valence-corrected chi connectivity index (χ1v) is 6.14. The van der Waals surface area contributed by atoms with Crippen molar-refractivity contribution >= 4 is 23.3 Å². The van der Waals surface area contributed by atoms with Gasteiger partial charge < -0.3 is 5.11 Å². The Hall–Kier alpha value is -2.64. The van der Waals surface area contributed by atoms with E-state index >= 15 is 0 Å². The summed E-state index contributed by atoms with van der Waals surface area (Å²) < 4.78 is 38.7. The summed E-state index contributed by atoms with van der Waals surface area (Å²) in [5.74, 6) is -3.33. The van der Waals surface area contributed by atoms with Gasteiger partial charge in [-0.25, -0.2) is 4.79 Å². The van der Waals surface area contributed by atoms with Crippen molar-refractivity contribution in [2.45, 2.75) is 20.0 Å². The molecule has 0 bridgehead atoms. The monoisotopic (exact) mass is 312 g/mol. The zero-order chi connectivity index (χ0) is 16.7. The predicted octanol–water partition coefficient (Wildman–Crippen LogP) is 2.66. The number of benzene rings is 1. The zero-order valence-corrected chi connectivity index (χ0v) is 11.6. The number of hydrogen-bond donors (Lipinski definition) is 1. The molecule has 8 heteroatoms. The number of nitrogens with zero attached hydrogens (tertiary/aromatic N) is 2. The van der Waals surface area contributed by atoms with Crippen LogP contribution in [0.3, 0.4) is 0 Å². The summed E-state index contributed by atoms with van der Waals surface area (Å²) >= 11 is 0. The molecule has 0 saturated heterocycles. The van der Waals surface area contributed by atoms with Gasteiger partial charge in [-0.2, -0.15) is 23.3 Å². The van der Waals surface area contributed by atoms with Crippen LogP contribution in [0.15, 0.2) is 40.5 Å². The number of rotatable bonds is 2. The Kier molecular flexibility index (Phi) is 3.78. The fourth-order valence-corrected chi connectivity index (χ4v) is 2.02. The maximum absolute atomic E-state index is 12.9. The Balaban J connectivity index is 2.55. The third-order valence-corrected chi connectivity index (χ3v) is 3.04. The van der Waals surface area contributed by atoms with Gasteiger partial charge in [0.25, 0.3) is 5.91 Å². The summed E-state index contributed by atoms with van der Waals surface area (Å²) in [6, 6.07) is 6.36. The zero-order valence-electron chi connectivity index (χ0n) is 11.6. The first-order valence-electron chi connectivity index (χ1n) is 6.14. The Morgan fingerprint density at radius 3 is 2.18 bits per heavy atom. The van der Waals surface area contributed by atoms with E-state index in [0.717, 1.165) is 17.5 Å². The van der Waals surface area contributed by atoms with Crippen molar-refractivity contribution < 1.29 is 27.9 Å². The minimum absolute atomic E-state index is 0.261. The van der Waals surface area contributed by atoms with Crippen LogP contribution in [0, 0.1) is 6.92 Å². The molecule has 0 radical (unpaired) electrons. The number of aliphatic carboxylic acids is 1. The van der Waals surface area contributed by atoms with Crippen molar-refractivity contribution in [3.05, 3.63) is 41.0 Å². The van der Waals surface area contributed by atoms with E-state index in [1.807, 2.05) is 6.92 Å². The predicted molar refractivity (Wildman–Crippen MR) is 72.5 cm³/mol. The summed E-state index contributed by atoms with van der Waals surface area (Å²) in [7, 11) is 0. The number of alkyl halides is 3. The number of hydrogen-bond acceptors (Lipinski definition) is 3. The third kappa shape index (κ3) is 2.72. The van der Waals surface area contributed by atoms with E-state index in [1.165, 1.54) is 12.1 Å². The Bertz CT molecular complexity index is 703. The molecule has 0 atom stereocenters. The topological polar surface area (TPSA) is 70.0 Å². The van der Waals surface area contributed by atoms with Crippen LogP contribution in [0.25, 0.3) is 0 Å². The summed E-state index contributed by atoms with van der Waals surface area (Å²) in [6.07, 6.45) is -5.16. The Labute approximate surface area is 123 Å². The van der Waals surface area contributed by atoms with Gasteiger partial charge in [0, 0.05) is 0 Å². The summed E-state index contributed by atoms with van der Waals surface area (Å²) in [6.45, 7) is 2.97. The lowest BCUT2D eigenvalue weighted by Gasteiger charge is -2.13. The lowest BCUT2D eigenvalue weighted by atomic mass is 10.0. The lowest BCUT2D eigenvalue weighted by Crippen LogP contribution is -2.29. The van der Waals surface area contributed by atoms with Crippen LogP contribution in [-0.2, 0) is 9.59 Å². The van der Waals surface area contributed by atoms with E-state index in [9.17, 15) is 22.8 Å². The molecule has 1 N–H and O–H groups in total. The van der Waals surface area contributed by atoms with Gasteiger partial charge in [-0.15, -0.1) is 0 Å². The van der Waals surface area contributed by atoms with Gasteiger partial charge >= 0.3 is 12.1 Å². The molecule has 0 aromatic heterocycles. The van der Waals surface area contributed by atoms with Gasteiger partial charge in [-0.05, 0) is 26.0 Å². The van der Waals surface area contributed by atoms with Gasteiger partial charge in [0.2, 0.25) is 0 Å². The van der Waals surface area contributed by atoms with Gasteiger partial charge in [-0.1, -0.05) is 17.7 Å². The van der Waals surface area contributed by atoms with Crippen molar-refractivity contribution in [3.63, 3.8) is 0 Å². The molecule has 2 rings (SSSR count). The Morgan fingerprint density at radius 2 is 1.73 bits per heavy atom. The first kappa shape index (κ1) is 15.7. The molecule has 1 aliphatic rings. The maximum atomic E-state index is 12.9. The highest BCUT2D eigenvalue weighted by atomic mass is 19.4. The number of hydrazone groups is 1. The largest absolute Gasteiger partial charge is 0.478 e. The molecule has 0 saturated carbocycles. The van der Waals surface area contributed by atoms with Crippen molar-refractivity contribution in [2.24, 2.45) is 5.10 Å². The van der Waals surface area contributed by atoms with Gasteiger partial charge in [0.15, 0.2) is 5.57 Å². The van der Waals surface area contributed by atoms with Gasteiger partial charge in [0.1, 0.15) is 0 Å². The van der Waals surface area contributed by atoms with Crippen LogP contribution in [0.4, 0.5) is 18.9 Å². The van der Waals surface area contributed by atoms with E-state index in [1.54, 1.807) is 12.1 Å². The van der Waals surface area contributed by atoms with Crippen LogP contribution in [-0.4, -0.2) is 28.9 Å². The average Bonchev–Trinajstić information content (AvgIpc) is 2.66. The lowest BCUT2D eigenvalue weighted by molar-refractivity contribution is -0.145. The maximum Gasteiger partial charge on any atom is 0.424 e. The van der Waals surface area contributed by atoms with Crippen LogP contribution in [0.5, 0.6) is 0 Å². The van der Waals surface area contributed by atoms with E-state index in [2.05, 4.69) is 5.10 Å². The van der Waals surface area contributed by atoms with Crippen LogP contribution < -0.4 is 5.01 Å². The molecular formula is C14H11F3N2O3. The van der Waals surface area contributed by atoms with Gasteiger partial charge in [-0.3, -0.25) is 4.79 Å². The molecule has 5 nitrogen and oxygen atoms in total. The molecule has 1 aromatic rings. The molecule has 0 unspecified atom stereocenters. The molecule has 116 valence electrons. The van der Waals surface area contributed by atoms with Gasteiger partial charge in [0.05, 0.1) is 17.0 Å². The standard InChI is InChI=1S/C14H11F3N2O3/c1-7-3-5-9(6-4-7)19-12(20)10(8(2)18-19)11(13(21)22)14(15,16)17/h3-6H,1-2H3,(H,21,22). The highest BCUT2D eigenvalue weighted by Gasteiger charge is 2.46. The summed E-state index contributed by atoms with van der Waals surface area (Å²) in [5.41, 5.74) is -1.99. The fourth-order valence-electron chi connectivity index (χ4n) is 2.02. The number of halogens is 3. The van der Waals surface area contributed by atoms with E-state index in [-0.39, 0.29) is 11.4 Å². The normalized spacial score (nSPS) is 17.6. The number of anilines is 1. The summed E-state index contributed by atoms with van der Waals surface area (Å²) in [5, 5.41) is 13.3. The fraction of sp³-hybridized carbons (Fsp3) is 0.214. The quantitative estimate of drug-likeness (QED) is 0.854. The highest BCUT2D eigenvalue weighted by molar-refractivity contribution is 6.32. The minimum atomic E-state index is -5.16. The molecule has 22 heavy (non-hydrogen) atoms. The molecule has 0 fully saturated rings. The number of carbonyl (C=O) groups is 2. The van der Waals surface area contributed by atoms with E-state index < -0.39 is 29.2 Å². The number of amides is 1. The highest BCUT2D eigenvalue weighted by Crippen LogP contribution is 2.33. The van der Waals surface area contributed by atoms with Crippen LogP contribution >= 0.6 is 0 Å². The van der Waals surface area contributed by atoms with Crippen molar-refractivity contribution in [1.29, 1.82) is 0 Å². The minimum Gasteiger partial charge on any atom is -0.478 e. The molecule has 0 aliphatic carbocycles. The summed E-state index contributed by atoms with van der Waals surface area (Å²) in [4.78, 5) is 23.1. The third-order valence-electron chi connectivity index (χ3n) is 3.04. The molecule has 1 amide bonds. The molecular weight excluding hydrogens is 301 g/mol. The number of aryl methyl sites for hydroxylation is 1. The number of carboxylic acid groups (broad SMARTS) is 1. The number of carboxylic acids is 1. The first-order chi connectivity index (χ1) is 10.1. The van der Waals surface area contributed by atoms with Crippen molar-refractivity contribution in [1.82, 2.24) is 0 Å². The second-order valence-electron chi connectivity index (χ2n) is 4.69. The molecule has 1 heterocycles. The molecule has 1 aliphatic heterocycles. The van der Waals surface area contributed by atoms with Crippen LogP contribution in [0.2, 0.25) is 0 Å². The second kappa shape index (κ2) is 5.28. The average molecular weight is 312 g/mol. The molecule has 1 aromatic carbocycles. The van der Waals surface area contributed by atoms with E-state index in [0.29, 0.717) is 0 Å². The SMILES string of the molecule is CC1=NN(c2ccc(C)cc2)C(=O)C1=C(C(=O)O)C(F)(F)F. The second-order valence-corrected chi connectivity index (χ2v) is 4.69. The van der Waals surface area contributed by atoms with Crippen molar-refractivity contribution in [2.75, 3.05) is 5.01 Å². The van der Waals surface area contributed by atoms with Crippen molar-refractivity contribution in [3.8, 4) is 0 Å².